The molecule has 0 unspecified atom stereocenters. The first-order valence-corrected chi connectivity index (χ1v) is 8.80. The number of halogens is 2. The van der Waals surface area contributed by atoms with Gasteiger partial charge in [0, 0.05) is 6.20 Å². The van der Waals surface area contributed by atoms with Crippen molar-refractivity contribution >= 4 is 12.4 Å². The van der Waals surface area contributed by atoms with Crippen molar-refractivity contribution in [3.05, 3.63) is 35.9 Å². The molecule has 0 aromatic carbocycles. The molecule has 0 saturated carbocycles. The lowest BCUT2D eigenvalue weighted by Crippen LogP contribution is -2.33. The molecule has 2 heterocycles. The number of carbonyl (C=O) groups is 2. The van der Waals surface area contributed by atoms with Crippen molar-refractivity contribution in [2.45, 2.75) is 39.2 Å². The first-order chi connectivity index (χ1) is 13.6. The van der Waals surface area contributed by atoms with Gasteiger partial charge in [-0.25, -0.2) is 28.5 Å². The van der Waals surface area contributed by atoms with Crippen LogP contribution in [0.4, 0.5) is 13.6 Å². The monoisotopic (exact) mass is 408 g/mol. The van der Waals surface area contributed by atoms with E-state index in [4.69, 9.17) is 15.2 Å². The minimum absolute atomic E-state index is 0.0612. The van der Waals surface area contributed by atoms with Gasteiger partial charge in [0.05, 0.1) is 18.0 Å². The van der Waals surface area contributed by atoms with Crippen LogP contribution in [0.1, 0.15) is 49.9 Å². The number of amides is 1. The summed E-state index contributed by atoms with van der Waals surface area (Å²) in [4.78, 5) is 33.4. The van der Waals surface area contributed by atoms with Gasteiger partial charge in [-0.1, -0.05) is 6.92 Å². The molecule has 156 valence electrons. The minimum atomic E-state index is -2.87. The van der Waals surface area contributed by atoms with Crippen LogP contribution in [0.3, 0.4) is 0 Å². The number of hydrogen-bond donors (Lipinski definition) is 1. The molecule has 29 heavy (non-hydrogen) atoms. The molecule has 0 aliphatic carbocycles. The zero-order valence-corrected chi connectivity index (χ0v) is 16.3. The zero-order valence-electron chi connectivity index (χ0n) is 16.3. The van der Waals surface area contributed by atoms with Crippen molar-refractivity contribution in [1.82, 2.24) is 15.0 Å². The Morgan fingerprint density at radius 2 is 1.93 bits per heavy atom. The summed E-state index contributed by atoms with van der Waals surface area (Å²) in [6.45, 7) is 5.34. The number of ether oxygens (including phenoxy) is 2. The third-order valence-electron chi connectivity index (χ3n) is 3.87. The topological polar surface area (TPSA) is 117 Å². The number of carbonyl (C=O) groups excluding carboxylic acids is 2. The summed E-state index contributed by atoms with van der Waals surface area (Å²) < 4.78 is 37.6. The largest absolute Gasteiger partial charge is 0.491 e. The summed E-state index contributed by atoms with van der Waals surface area (Å²) in [5.74, 6) is -0.252. The Morgan fingerprint density at radius 3 is 2.55 bits per heavy atom. The van der Waals surface area contributed by atoms with E-state index in [0.717, 1.165) is 0 Å². The SMILES string of the molecule is C[C@H](COc1ccc(-c2ccnc(C=O)n2)nc1C(F)F)CC(C)(C)OC(N)=O. The average Bonchev–Trinajstić information content (AvgIpc) is 2.64. The van der Waals surface area contributed by atoms with Crippen molar-refractivity contribution < 1.29 is 27.8 Å². The number of pyridine rings is 1. The third-order valence-corrected chi connectivity index (χ3v) is 3.87. The molecule has 10 heteroatoms. The molecule has 0 bridgehead atoms. The lowest BCUT2D eigenvalue weighted by Gasteiger charge is -2.27. The lowest BCUT2D eigenvalue weighted by molar-refractivity contribution is 0.0224. The summed E-state index contributed by atoms with van der Waals surface area (Å²) in [7, 11) is 0. The Morgan fingerprint density at radius 1 is 1.24 bits per heavy atom. The van der Waals surface area contributed by atoms with E-state index < -0.39 is 23.8 Å². The third kappa shape index (κ3) is 6.44. The van der Waals surface area contributed by atoms with E-state index in [2.05, 4.69) is 15.0 Å². The second-order valence-electron chi connectivity index (χ2n) is 7.10. The first kappa shape index (κ1) is 22.1. The van der Waals surface area contributed by atoms with E-state index in [-0.39, 0.29) is 35.5 Å². The molecular formula is C19H22F2N4O4. The van der Waals surface area contributed by atoms with Crippen LogP contribution in [0, 0.1) is 5.92 Å². The Kier molecular flexibility index (Phi) is 7.13. The molecule has 2 rings (SSSR count). The number of alkyl halides is 2. The summed E-state index contributed by atoms with van der Waals surface area (Å²) >= 11 is 0. The number of aldehydes is 1. The van der Waals surface area contributed by atoms with E-state index in [1.54, 1.807) is 13.8 Å². The molecule has 0 fully saturated rings. The molecule has 0 spiro atoms. The number of rotatable bonds is 9. The maximum absolute atomic E-state index is 13.5. The molecule has 2 aromatic rings. The summed E-state index contributed by atoms with van der Waals surface area (Å²) in [6, 6.07) is 4.32. The standard InChI is InChI=1S/C19H22F2N4O4/c1-11(8-19(2,3)29-18(22)27)10-28-14-5-4-12(25-16(14)17(20)21)13-6-7-23-15(9-26)24-13/h4-7,9,11,17H,8,10H2,1-3H3,(H2,22,27)/t11-/m0/s1. The van der Waals surface area contributed by atoms with Crippen molar-refractivity contribution in [3.63, 3.8) is 0 Å². The predicted octanol–water partition coefficient (Wildman–Crippen LogP) is 3.57. The molecule has 1 atom stereocenters. The van der Waals surface area contributed by atoms with Crippen molar-refractivity contribution in [1.29, 1.82) is 0 Å². The second kappa shape index (κ2) is 9.35. The van der Waals surface area contributed by atoms with Crippen LogP contribution in [0.15, 0.2) is 24.4 Å². The maximum Gasteiger partial charge on any atom is 0.405 e. The number of hydrogen-bond acceptors (Lipinski definition) is 7. The van der Waals surface area contributed by atoms with Crippen LogP contribution < -0.4 is 10.5 Å². The highest BCUT2D eigenvalue weighted by atomic mass is 19.3. The number of nitrogens with two attached hydrogens (primary N) is 1. The van der Waals surface area contributed by atoms with Gasteiger partial charge in [-0.2, -0.15) is 0 Å². The van der Waals surface area contributed by atoms with Crippen LogP contribution in [0.2, 0.25) is 0 Å². The van der Waals surface area contributed by atoms with Gasteiger partial charge >= 0.3 is 6.09 Å². The predicted molar refractivity (Wildman–Crippen MR) is 99.6 cm³/mol. The Labute approximate surface area is 166 Å². The molecule has 0 radical (unpaired) electrons. The average molecular weight is 408 g/mol. The normalized spacial score (nSPS) is 12.5. The van der Waals surface area contributed by atoms with Crippen molar-refractivity contribution in [3.8, 4) is 17.1 Å². The Bertz CT molecular complexity index is 877. The summed E-state index contributed by atoms with van der Waals surface area (Å²) in [6.07, 6.45) is -1.54. The van der Waals surface area contributed by atoms with Crippen molar-refractivity contribution in [2.75, 3.05) is 6.61 Å². The van der Waals surface area contributed by atoms with Gasteiger partial charge in [-0.05, 0) is 44.4 Å². The zero-order chi connectivity index (χ0) is 21.6. The van der Waals surface area contributed by atoms with E-state index in [1.165, 1.54) is 24.4 Å². The maximum atomic E-state index is 13.5. The van der Waals surface area contributed by atoms with Crippen LogP contribution in [-0.4, -0.2) is 39.5 Å². The highest BCUT2D eigenvalue weighted by molar-refractivity contribution is 5.70. The van der Waals surface area contributed by atoms with Crippen LogP contribution in [0.5, 0.6) is 5.75 Å². The number of aromatic nitrogens is 3. The smallest absolute Gasteiger partial charge is 0.405 e. The van der Waals surface area contributed by atoms with Gasteiger partial charge in [-0.15, -0.1) is 0 Å². The number of primary amides is 1. The first-order valence-electron chi connectivity index (χ1n) is 8.80. The fourth-order valence-corrected chi connectivity index (χ4v) is 2.90. The van der Waals surface area contributed by atoms with Gasteiger partial charge in [0.1, 0.15) is 17.0 Å². The van der Waals surface area contributed by atoms with Crippen LogP contribution >= 0.6 is 0 Å². The van der Waals surface area contributed by atoms with Crippen LogP contribution in [0.25, 0.3) is 11.4 Å². The van der Waals surface area contributed by atoms with E-state index in [1.807, 2.05) is 6.92 Å². The van der Waals surface area contributed by atoms with Crippen molar-refractivity contribution in [2.24, 2.45) is 11.7 Å². The van der Waals surface area contributed by atoms with Crippen LogP contribution in [-0.2, 0) is 4.74 Å². The van der Waals surface area contributed by atoms with Gasteiger partial charge in [0.2, 0.25) is 0 Å². The fourth-order valence-electron chi connectivity index (χ4n) is 2.90. The molecule has 1 amide bonds. The Balaban J connectivity index is 2.14. The molecule has 8 nitrogen and oxygen atoms in total. The molecular weight excluding hydrogens is 386 g/mol. The van der Waals surface area contributed by atoms with E-state index >= 15 is 0 Å². The highest BCUT2D eigenvalue weighted by Gasteiger charge is 2.26. The molecule has 2 aromatic heterocycles. The van der Waals surface area contributed by atoms with E-state index in [0.29, 0.717) is 12.7 Å². The van der Waals surface area contributed by atoms with E-state index in [9.17, 15) is 18.4 Å². The molecule has 0 aliphatic rings. The highest BCUT2D eigenvalue weighted by Crippen LogP contribution is 2.31. The van der Waals surface area contributed by atoms with Gasteiger partial charge in [-0.3, -0.25) is 4.79 Å². The minimum Gasteiger partial charge on any atom is -0.491 e. The summed E-state index contributed by atoms with van der Waals surface area (Å²) in [5, 5.41) is 0. The molecule has 0 saturated heterocycles. The number of nitrogens with zero attached hydrogens (tertiary/aromatic N) is 3. The Hall–Kier alpha value is -3.17. The summed E-state index contributed by atoms with van der Waals surface area (Å²) in [5.41, 5.74) is 4.11. The fraction of sp³-hybridized carbons (Fsp3) is 0.421. The lowest BCUT2D eigenvalue weighted by atomic mass is 9.95. The quantitative estimate of drug-likeness (QED) is 0.630. The van der Waals surface area contributed by atoms with Gasteiger partial charge in [0.15, 0.2) is 12.1 Å². The second-order valence-corrected chi connectivity index (χ2v) is 7.10. The molecule has 0 aliphatic heterocycles. The van der Waals surface area contributed by atoms with Gasteiger partial charge < -0.3 is 15.2 Å². The van der Waals surface area contributed by atoms with Gasteiger partial charge in [0.25, 0.3) is 6.43 Å². The molecule has 2 N–H and O–H groups in total.